The van der Waals surface area contributed by atoms with Crippen molar-refractivity contribution >= 4 is 5.78 Å². The van der Waals surface area contributed by atoms with Crippen LogP contribution in [0.4, 0.5) is 0 Å². The number of carbonyl (C=O) groups is 1. The van der Waals surface area contributed by atoms with Crippen LogP contribution in [-0.4, -0.2) is 30.3 Å². The third-order valence-electron chi connectivity index (χ3n) is 3.17. The summed E-state index contributed by atoms with van der Waals surface area (Å²) in [6, 6.07) is 0. The first-order chi connectivity index (χ1) is 5.81. The van der Waals surface area contributed by atoms with Crippen LogP contribution in [0.5, 0.6) is 0 Å². The Morgan fingerprint density at radius 2 is 1.92 bits per heavy atom. The maximum atomic E-state index is 11.5. The molecule has 0 spiro atoms. The summed E-state index contributed by atoms with van der Waals surface area (Å²) in [7, 11) is 0. The van der Waals surface area contributed by atoms with Crippen molar-refractivity contribution in [1.29, 1.82) is 0 Å². The van der Waals surface area contributed by atoms with E-state index in [1.165, 1.54) is 13.0 Å². The summed E-state index contributed by atoms with van der Waals surface area (Å²) in [4.78, 5) is 14.0. The van der Waals surface area contributed by atoms with Gasteiger partial charge in [-0.15, -0.1) is 0 Å². The minimum absolute atomic E-state index is 0.398. The fourth-order valence-electron chi connectivity index (χ4n) is 2.58. The lowest BCUT2D eigenvalue weighted by molar-refractivity contribution is -0.127. The first kappa shape index (κ1) is 8.24. The van der Waals surface area contributed by atoms with Gasteiger partial charge in [-0.2, -0.15) is 0 Å². The van der Waals surface area contributed by atoms with Gasteiger partial charge in [-0.3, -0.25) is 4.79 Å². The number of piperidine rings is 1. The molecule has 2 heteroatoms. The average molecular weight is 167 g/mol. The van der Waals surface area contributed by atoms with Crippen molar-refractivity contribution in [2.24, 2.45) is 11.8 Å². The van der Waals surface area contributed by atoms with Gasteiger partial charge in [0.2, 0.25) is 0 Å². The maximum Gasteiger partial charge on any atom is 0.141 e. The van der Waals surface area contributed by atoms with Crippen molar-refractivity contribution in [3.8, 4) is 0 Å². The topological polar surface area (TPSA) is 20.3 Å². The van der Waals surface area contributed by atoms with Gasteiger partial charge in [0, 0.05) is 24.9 Å². The van der Waals surface area contributed by atoms with Gasteiger partial charge < -0.3 is 4.90 Å². The van der Waals surface area contributed by atoms with Crippen LogP contribution in [-0.2, 0) is 4.79 Å². The highest BCUT2D eigenvalue weighted by molar-refractivity contribution is 5.86. The molecule has 0 unspecified atom stereocenters. The Morgan fingerprint density at radius 1 is 1.33 bits per heavy atom. The molecule has 0 radical (unpaired) electrons. The molecule has 1 aliphatic heterocycles. The Balaban J connectivity index is 1.98. The summed E-state index contributed by atoms with van der Waals surface area (Å²) >= 11 is 0. The van der Waals surface area contributed by atoms with E-state index in [9.17, 15) is 4.79 Å². The van der Waals surface area contributed by atoms with Crippen LogP contribution in [0.2, 0.25) is 0 Å². The van der Waals surface area contributed by atoms with Crippen LogP contribution < -0.4 is 0 Å². The minimum Gasteiger partial charge on any atom is -0.302 e. The predicted octanol–water partition coefficient (Wildman–Crippen LogP) is 1.31. The molecule has 0 amide bonds. The van der Waals surface area contributed by atoms with Crippen LogP contribution in [0, 0.1) is 11.8 Å². The number of rotatable bonds is 2. The van der Waals surface area contributed by atoms with E-state index in [4.69, 9.17) is 0 Å². The van der Waals surface area contributed by atoms with E-state index < -0.39 is 0 Å². The molecule has 2 atom stereocenters. The lowest BCUT2D eigenvalue weighted by atomic mass is 9.97. The van der Waals surface area contributed by atoms with Crippen molar-refractivity contribution in [3.05, 3.63) is 0 Å². The molecule has 2 nitrogen and oxygen atoms in total. The predicted molar refractivity (Wildman–Crippen MR) is 48.0 cm³/mol. The van der Waals surface area contributed by atoms with E-state index in [0.29, 0.717) is 17.6 Å². The second-order valence-electron chi connectivity index (χ2n) is 4.13. The summed E-state index contributed by atoms with van der Waals surface area (Å²) in [5, 5.41) is 0. The largest absolute Gasteiger partial charge is 0.302 e. The SMILES string of the molecule is CCCN1C[C@H]2CC[C@H](C1)C2=O. The molecule has 1 saturated heterocycles. The fourth-order valence-corrected chi connectivity index (χ4v) is 2.58. The minimum atomic E-state index is 0.398. The number of hydrogen-bond donors (Lipinski definition) is 0. The molecule has 2 bridgehead atoms. The maximum absolute atomic E-state index is 11.5. The first-order valence-electron chi connectivity index (χ1n) is 5.07. The van der Waals surface area contributed by atoms with Gasteiger partial charge in [-0.1, -0.05) is 6.92 Å². The second-order valence-corrected chi connectivity index (χ2v) is 4.13. The van der Waals surface area contributed by atoms with Crippen molar-refractivity contribution in [1.82, 2.24) is 4.90 Å². The number of ketones is 1. The summed E-state index contributed by atoms with van der Waals surface area (Å²) in [6.45, 7) is 5.48. The molecule has 0 aromatic rings. The van der Waals surface area contributed by atoms with Gasteiger partial charge >= 0.3 is 0 Å². The molecule has 2 aliphatic rings. The summed E-state index contributed by atoms with van der Waals surface area (Å²) in [5.74, 6) is 1.35. The van der Waals surface area contributed by atoms with Gasteiger partial charge in [-0.05, 0) is 25.8 Å². The van der Waals surface area contributed by atoms with Crippen LogP contribution in [0.1, 0.15) is 26.2 Å². The lowest BCUT2D eigenvalue weighted by Crippen LogP contribution is -2.42. The van der Waals surface area contributed by atoms with E-state index in [2.05, 4.69) is 11.8 Å². The summed E-state index contributed by atoms with van der Waals surface area (Å²) in [5.41, 5.74) is 0. The quantitative estimate of drug-likeness (QED) is 0.618. The molecule has 0 aromatic carbocycles. The number of carbonyl (C=O) groups excluding carboxylic acids is 1. The van der Waals surface area contributed by atoms with Crippen LogP contribution >= 0.6 is 0 Å². The van der Waals surface area contributed by atoms with E-state index in [1.807, 2.05) is 0 Å². The van der Waals surface area contributed by atoms with Crippen LogP contribution in [0.25, 0.3) is 0 Å². The zero-order valence-electron chi connectivity index (χ0n) is 7.75. The Kier molecular flexibility index (Phi) is 2.18. The van der Waals surface area contributed by atoms with Crippen molar-refractivity contribution in [2.45, 2.75) is 26.2 Å². The first-order valence-corrected chi connectivity index (χ1v) is 5.07. The van der Waals surface area contributed by atoms with E-state index in [-0.39, 0.29) is 0 Å². The zero-order chi connectivity index (χ0) is 8.55. The van der Waals surface area contributed by atoms with Crippen molar-refractivity contribution < 1.29 is 4.79 Å². The Morgan fingerprint density at radius 3 is 2.42 bits per heavy atom. The molecule has 0 aromatic heterocycles. The molecule has 0 N–H and O–H groups in total. The normalized spacial score (nSPS) is 35.9. The lowest BCUT2D eigenvalue weighted by Gasteiger charge is -2.30. The molecular weight excluding hydrogens is 150 g/mol. The van der Waals surface area contributed by atoms with Crippen LogP contribution in [0.15, 0.2) is 0 Å². The molecule has 1 aliphatic carbocycles. The molecule has 2 fully saturated rings. The number of hydrogen-bond acceptors (Lipinski definition) is 2. The highest BCUT2D eigenvalue weighted by Gasteiger charge is 2.39. The number of fused-ring (bicyclic) bond motifs is 2. The monoisotopic (exact) mass is 167 g/mol. The standard InChI is InChI=1S/C10H17NO/c1-2-5-11-6-8-3-4-9(7-11)10(8)12/h8-9H,2-7H2,1H3/t8-,9-/m1/s1. The molecule has 1 heterocycles. The third-order valence-corrected chi connectivity index (χ3v) is 3.17. The van der Waals surface area contributed by atoms with Gasteiger partial charge in [0.15, 0.2) is 0 Å². The fraction of sp³-hybridized carbons (Fsp3) is 0.900. The van der Waals surface area contributed by atoms with E-state index >= 15 is 0 Å². The molecular formula is C10H17NO. The Bertz CT molecular complexity index is 174. The van der Waals surface area contributed by atoms with Gasteiger partial charge in [0.25, 0.3) is 0 Å². The van der Waals surface area contributed by atoms with E-state index in [0.717, 1.165) is 25.9 Å². The van der Waals surface area contributed by atoms with Crippen LogP contribution in [0.3, 0.4) is 0 Å². The molecule has 68 valence electrons. The molecule has 2 rings (SSSR count). The van der Waals surface area contributed by atoms with Crippen molar-refractivity contribution in [3.63, 3.8) is 0 Å². The number of nitrogens with zero attached hydrogens (tertiary/aromatic N) is 1. The Labute approximate surface area is 73.9 Å². The van der Waals surface area contributed by atoms with Gasteiger partial charge in [-0.25, -0.2) is 0 Å². The summed E-state index contributed by atoms with van der Waals surface area (Å²) in [6.07, 6.45) is 3.53. The molecule has 1 saturated carbocycles. The highest BCUT2D eigenvalue weighted by Crippen LogP contribution is 2.33. The number of Topliss-reactive ketones (excluding diaryl/α,β-unsaturated/α-hetero) is 1. The van der Waals surface area contributed by atoms with Crippen molar-refractivity contribution in [2.75, 3.05) is 19.6 Å². The number of likely N-dealkylation sites (tertiary alicyclic amines) is 1. The second kappa shape index (κ2) is 3.17. The van der Waals surface area contributed by atoms with E-state index in [1.54, 1.807) is 0 Å². The average Bonchev–Trinajstić information content (AvgIpc) is 2.33. The smallest absolute Gasteiger partial charge is 0.141 e. The van der Waals surface area contributed by atoms with Gasteiger partial charge in [0.05, 0.1) is 0 Å². The Hall–Kier alpha value is -0.370. The third kappa shape index (κ3) is 1.28. The molecule has 12 heavy (non-hydrogen) atoms. The zero-order valence-corrected chi connectivity index (χ0v) is 7.75. The summed E-state index contributed by atoms with van der Waals surface area (Å²) < 4.78 is 0. The highest BCUT2D eigenvalue weighted by atomic mass is 16.1. The van der Waals surface area contributed by atoms with Gasteiger partial charge in [0.1, 0.15) is 5.78 Å².